The lowest BCUT2D eigenvalue weighted by Gasteiger charge is -2.26. The van der Waals surface area contributed by atoms with Crippen LogP contribution in [-0.4, -0.2) is 50.1 Å². The molecule has 0 aromatic heterocycles. The smallest absolute Gasteiger partial charge is 0.241 e. The Morgan fingerprint density at radius 1 is 0.949 bits per heavy atom. The second kappa shape index (κ2) is 9.95. The molecule has 1 amide bonds. The fourth-order valence-corrected chi connectivity index (χ4v) is 6.46. The number of hydrogen-bond donors (Lipinski definition) is 4. The summed E-state index contributed by atoms with van der Waals surface area (Å²) in [4.78, 5) is 13.5. The van der Waals surface area contributed by atoms with Crippen LogP contribution in [0.15, 0.2) is 59.5 Å². The molecule has 0 bridgehead atoms. The number of fused-ring (bicyclic) bond motifs is 1. The minimum atomic E-state index is -3.99. The second-order valence-corrected chi connectivity index (χ2v) is 12.2. The summed E-state index contributed by atoms with van der Waals surface area (Å²) in [6.45, 7) is 4.15. The van der Waals surface area contributed by atoms with Crippen LogP contribution in [0, 0.1) is 13.8 Å². The number of rotatable bonds is 9. The van der Waals surface area contributed by atoms with E-state index in [2.05, 4.69) is 10.0 Å². The molecule has 0 spiro atoms. The van der Waals surface area contributed by atoms with Crippen molar-refractivity contribution in [3.63, 3.8) is 0 Å². The summed E-state index contributed by atoms with van der Waals surface area (Å²) in [5.41, 5.74) is 2.68. The fourth-order valence-electron chi connectivity index (χ4n) is 4.84. The van der Waals surface area contributed by atoms with Gasteiger partial charge in [0.05, 0.1) is 29.1 Å². The van der Waals surface area contributed by atoms with Gasteiger partial charge in [-0.3, -0.25) is 4.79 Å². The molecule has 0 radical (unpaired) electrons. The quantitative estimate of drug-likeness (QED) is 0.320. The first kappa shape index (κ1) is 27.1. The van der Waals surface area contributed by atoms with Crippen molar-refractivity contribution in [2.45, 2.75) is 49.5 Å². The van der Waals surface area contributed by atoms with E-state index >= 15 is 0 Å². The number of amides is 1. The van der Waals surface area contributed by atoms with Crippen LogP contribution < -0.4 is 19.5 Å². The molecular weight excluding hydrogens is 520 g/mol. The van der Waals surface area contributed by atoms with Crippen molar-refractivity contribution in [2.75, 3.05) is 25.3 Å². The van der Waals surface area contributed by atoms with E-state index in [0.717, 1.165) is 35.1 Å². The van der Waals surface area contributed by atoms with E-state index in [1.165, 1.54) is 13.0 Å². The van der Waals surface area contributed by atoms with Crippen LogP contribution >= 0.6 is 0 Å². The highest BCUT2D eigenvalue weighted by Gasteiger charge is 2.51. The Hall–Kier alpha value is -3.44. The van der Waals surface area contributed by atoms with Crippen molar-refractivity contribution in [2.24, 2.45) is 0 Å². The van der Waals surface area contributed by atoms with Crippen LogP contribution in [0.2, 0.25) is 0 Å². The molecule has 4 N–H and O–H groups in total. The molecule has 1 fully saturated rings. The molecule has 3 aromatic rings. The summed E-state index contributed by atoms with van der Waals surface area (Å²) >= 11 is 0. The molecule has 1 aliphatic heterocycles. The molecule has 9 nitrogen and oxygen atoms in total. The summed E-state index contributed by atoms with van der Waals surface area (Å²) < 4.78 is 39.2. The van der Waals surface area contributed by atoms with Gasteiger partial charge >= 0.3 is 0 Å². The molecule has 206 valence electrons. The molecular formula is C29H32N2O7S. The molecule has 10 heteroatoms. The summed E-state index contributed by atoms with van der Waals surface area (Å²) in [6, 6.07) is 16.3. The van der Waals surface area contributed by atoms with Gasteiger partial charge in [0.1, 0.15) is 0 Å². The zero-order chi connectivity index (χ0) is 28.0. The Balaban J connectivity index is 1.38. The third-order valence-corrected chi connectivity index (χ3v) is 9.26. The number of sulfonamides is 1. The van der Waals surface area contributed by atoms with E-state index in [4.69, 9.17) is 9.47 Å². The van der Waals surface area contributed by atoms with Gasteiger partial charge in [0.15, 0.2) is 11.5 Å². The predicted octanol–water partition coefficient (Wildman–Crippen LogP) is 3.39. The number of aliphatic hydroxyl groups excluding tert-OH is 2. The summed E-state index contributed by atoms with van der Waals surface area (Å²) in [7, 11) is -3.99. The first-order valence-corrected chi connectivity index (χ1v) is 14.2. The zero-order valence-corrected chi connectivity index (χ0v) is 22.9. The highest BCUT2D eigenvalue weighted by atomic mass is 32.2. The molecule has 1 heterocycles. The maximum atomic E-state index is 13.4. The Labute approximate surface area is 227 Å². The summed E-state index contributed by atoms with van der Waals surface area (Å²) in [5, 5.41) is 22.1. The number of anilines is 1. The van der Waals surface area contributed by atoms with Crippen LogP contribution in [0.3, 0.4) is 0 Å². The Morgan fingerprint density at radius 2 is 1.67 bits per heavy atom. The average Bonchev–Trinajstić information content (AvgIpc) is 3.59. The van der Waals surface area contributed by atoms with Gasteiger partial charge in [0, 0.05) is 5.69 Å². The van der Waals surface area contributed by atoms with E-state index in [9.17, 15) is 23.4 Å². The van der Waals surface area contributed by atoms with Crippen molar-refractivity contribution in [1.82, 2.24) is 4.72 Å². The predicted molar refractivity (Wildman–Crippen MR) is 146 cm³/mol. The molecule has 3 aromatic carbocycles. The number of hydrogen-bond acceptors (Lipinski definition) is 7. The monoisotopic (exact) mass is 552 g/mol. The van der Waals surface area contributed by atoms with Gasteiger partial charge in [0.25, 0.3) is 0 Å². The van der Waals surface area contributed by atoms with E-state index in [0.29, 0.717) is 22.7 Å². The highest BCUT2D eigenvalue weighted by molar-refractivity contribution is 7.89. The van der Waals surface area contributed by atoms with Gasteiger partial charge in [-0.05, 0) is 91.8 Å². The summed E-state index contributed by atoms with van der Waals surface area (Å²) in [6.07, 6.45) is 1.48. The van der Waals surface area contributed by atoms with Gasteiger partial charge in [-0.25, -0.2) is 13.1 Å². The van der Waals surface area contributed by atoms with Crippen LogP contribution in [0.5, 0.6) is 11.5 Å². The van der Waals surface area contributed by atoms with Crippen molar-refractivity contribution in [3.05, 3.63) is 71.3 Å². The minimum absolute atomic E-state index is 0.0564. The molecule has 1 saturated carbocycles. The van der Waals surface area contributed by atoms with E-state index < -0.39 is 34.2 Å². The number of aliphatic hydroxyl groups is 2. The van der Waals surface area contributed by atoms with Crippen LogP contribution in [0.25, 0.3) is 11.1 Å². The number of ether oxygens (including phenoxy) is 2. The lowest BCUT2D eigenvalue weighted by atomic mass is 9.94. The van der Waals surface area contributed by atoms with Gasteiger partial charge < -0.3 is 25.0 Å². The number of aryl methyl sites for hydroxylation is 2. The van der Waals surface area contributed by atoms with Crippen molar-refractivity contribution in [1.29, 1.82) is 0 Å². The Morgan fingerprint density at radius 3 is 2.33 bits per heavy atom. The minimum Gasteiger partial charge on any atom is -0.454 e. The van der Waals surface area contributed by atoms with Crippen molar-refractivity contribution >= 4 is 21.6 Å². The molecule has 0 saturated heterocycles. The lowest BCUT2D eigenvalue weighted by molar-refractivity contribution is -0.118. The Bertz CT molecular complexity index is 1540. The first-order chi connectivity index (χ1) is 18.5. The van der Waals surface area contributed by atoms with Crippen molar-refractivity contribution < 1.29 is 32.9 Å². The molecule has 39 heavy (non-hydrogen) atoms. The molecule has 2 aliphatic rings. The number of benzene rings is 3. The standard InChI is InChI=1S/C29H32N2O7S/c1-18-4-7-22(30-27(34)29(10-11-29)21-6-8-24-25(13-21)38-17-37-24)14-23(18)20-5-9-26(19(2)12-20)39(35,36)31-28(3,15-32)16-33/h4-9,12-14,31-33H,10-11,15-17H2,1-3H3,(H,30,34). The number of nitrogens with one attached hydrogen (secondary N) is 2. The van der Waals surface area contributed by atoms with Crippen LogP contribution in [-0.2, 0) is 20.2 Å². The van der Waals surface area contributed by atoms with Gasteiger partial charge in [-0.1, -0.05) is 24.3 Å². The maximum Gasteiger partial charge on any atom is 0.241 e. The average molecular weight is 553 g/mol. The Kier molecular flexibility index (Phi) is 6.92. The third-order valence-electron chi connectivity index (χ3n) is 7.46. The number of carbonyl (C=O) groups excluding carboxylic acids is 1. The SMILES string of the molecule is Cc1ccc(NC(=O)C2(c3ccc4c(c3)OCO4)CC2)cc1-c1ccc(S(=O)(=O)NC(C)(CO)CO)c(C)c1. The first-order valence-electron chi connectivity index (χ1n) is 12.7. The van der Waals surface area contributed by atoms with Crippen LogP contribution in [0.4, 0.5) is 5.69 Å². The van der Waals surface area contributed by atoms with Gasteiger partial charge in [-0.15, -0.1) is 0 Å². The van der Waals surface area contributed by atoms with E-state index in [-0.39, 0.29) is 17.6 Å². The summed E-state index contributed by atoms with van der Waals surface area (Å²) in [5.74, 6) is 1.24. The van der Waals surface area contributed by atoms with Crippen LogP contribution in [0.1, 0.15) is 36.5 Å². The number of carbonyl (C=O) groups is 1. The molecule has 5 rings (SSSR count). The van der Waals surface area contributed by atoms with Gasteiger partial charge in [0.2, 0.25) is 22.7 Å². The van der Waals surface area contributed by atoms with E-state index in [1.54, 1.807) is 19.1 Å². The lowest BCUT2D eigenvalue weighted by Crippen LogP contribution is -2.51. The normalized spacial score (nSPS) is 15.7. The third kappa shape index (κ3) is 5.12. The zero-order valence-electron chi connectivity index (χ0n) is 22.1. The topological polar surface area (TPSA) is 134 Å². The molecule has 0 unspecified atom stereocenters. The largest absolute Gasteiger partial charge is 0.454 e. The van der Waals surface area contributed by atoms with E-state index in [1.807, 2.05) is 43.3 Å². The fraction of sp³-hybridized carbons (Fsp3) is 0.345. The highest BCUT2D eigenvalue weighted by Crippen LogP contribution is 2.51. The van der Waals surface area contributed by atoms with Crippen molar-refractivity contribution in [3.8, 4) is 22.6 Å². The molecule has 0 atom stereocenters. The van der Waals surface area contributed by atoms with Gasteiger partial charge in [-0.2, -0.15) is 0 Å². The maximum absolute atomic E-state index is 13.4. The second-order valence-electron chi connectivity index (χ2n) is 10.6. The molecule has 1 aliphatic carbocycles.